The molecular weight excluding hydrogens is 418 g/mol. The van der Waals surface area contributed by atoms with E-state index in [9.17, 15) is 13.2 Å². The van der Waals surface area contributed by atoms with Gasteiger partial charge in [0.25, 0.3) is 5.56 Å². The highest BCUT2D eigenvalue weighted by atomic mass is 32.2. The van der Waals surface area contributed by atoms with Crippen LogP contribution in [0.15, 0.2) is 27.9 Å². The van der Waals surface area contributed by atoms with Crippen molar-refractivity contribution in [3.05, 3.63) is 40.1 Å². The third-order valence-corrected chi connectivity index (χ3v) is 7.11. The Labute approximate surface area is 180 Å². The highest BCUT2D eigenvalue weighted by molar-refractivity contribution is 7.89. The third-order valence-electron chi connectivity index (χ3n) is 5.57. The van der Waals surface area contributed by atoms with Crippen molar-refractivity contribution in [2.75, 3.05) is 13.2 Å². The lowest BCUT2D eigenvalue weighted by Crippen LogP contribution is -2.23. The topological polar surface area (TPSA) is 118 Å². The molecule has 9 nitrogen and oxygen atoms in total. The number of fused-ring (bicyclic) bond motifs is 1. The minimum Gasteiger partial charge on any atom is -0.493 e. The van der Waals surface area contributed by atoms with Crippen LogP contribution in [0.1, 0.15) is 57.0 Å². The van der Waals surface area contributed by atoms with E-state index in [0.717, 1.165) is 31.5 Å². The Bertz CT molecular complexity index is 1270. The van der Waals surface area contributed by atoms with Gasteiger partial charge in [-0.15, -0.1) is 5.10 Å². The number of aromatic amines is 1. The van der Waals surface area contributed by atoms with Crippen LogP contribution in [0, 0.1) is 6.92 Å². The number of rotatable bonds is 7. The molecule has 3 aromatic rings. The monoisotopic (exact) mass is 445 g/mol. The Hall–Kier alpha value is -2.72. The Balaban J connectivity index is 1.93. The summed E-state index contributed by atoms with van der Waals surface area (Å²) in [7, 11) is -3.69. The van der Waals surface area contributed by atoms with Gasteiger partial charge >= 0.3 is 0 Å². The third kappa shape index (κ3) is 3.97. The lowest BCUT2D eigenvalue weighted by Gasteiger charge is -2.13. The van der Waals surface area contributed by atoms with Gasteiger partial charge in [-0.05, 0) is 44.9 Å². The first-order chi connectivity index (χ1) is 14.9. The summed E-state index contributed by atoms with van der Waals surface area (Å²) in [6, 6.07) is 4.55. The van der Waals surface area contributed by atoms with Gasteiger partial charge in [-0.3, -0.25) is 4.79 Å². The van der Waals surface area contributed by atoms with Gasteiger partial charge in [0.05, 0.1) is 22.8 Å². The molecule has 2 aromatic heterocycles. The Kier molecular flexibility index (Phi) is 5.85. The zero-order chi connectivity index (χ0) is 22.2. The van der Waals surface area contributed by atoms with Crippen LogP contribution in [0.4, 0.5) is 0 Å². The molecule has 1 fully saturated rings. The van der Waals surface area contributed by atoms with Crippen molar-refractivity contribution in [3.8, 4) is 17.1 Å². The summed E-state index contributed by atoms with van der Waals surface area (Å²) in [5, 5.41) is 4.69. The highest BCUT2D eigenvalue weighted by Gasteiger charge is 2.26. The summed E-state index contributed by atoms with van der Waals surface area (Å²) in [5.41, 5.74) is 1.14. The van der Waals surface area contributed by atoms with Gasteiger partial charge in [-0.2, -0.15) is 0 Å². The van der Waals surface area contributed by atoms with E-state index < -0.39 is 10.0 Å². The van der Waals surface area contributed by atoms with Crippen molar-refractivity contribution in [2.24, 2.45) is 0 Å². The van der Waals surface area contributed by atoms with E-state index in [4.69, 9.17) is 4.74 Å². The summed E-state index contributed by atoms with van der Waals surface area (Å²) in [5.74, 6) is 1.73. The molecule has 1 aliphatic rings. The maximum absolute atomic E-state index is 12.9. The molecule has 2 heterocycles. The van der Waals surface area contributed by atoms with Crippen LogP contribution in [-0.2, 0) is 10.0 Å². The normalized spacial score (nSPS) is 15.1. The number of aromatic nitrogens is 4. The zero-order valence-electron chi connectivity index (χ0n) is 17.9. The second-order valence-electron chi connectivity index (χ2n) is 7.69. The number of hydrogen-bond donors (Lipinski definition) is 2. The first-order valence-corrected chi connectivity index (χ1v) is 12.1. The summed E-state index contributed by atoms with van der Waals surface area (Å²) in [6.07, 6.45) is 4.30. The molecular formula is C21H27N5O4S. The maximum Gasteiger partial charge on any atom is 0.277 e. The molecule has 1 aromatic carbocycles. The first-order valence-electron chi connectivity index (χ1n) is 10.6. The molecule has 0 atom stereocenters. The lowest BCUT2D eigenvalue weighted by molar-refractivity contribution is 0.341. The molecule has 4 rings (SSSR count). The molecule has 1 saturated carbocycles. The summed E-state index contributed by atoms with van der Waals surface area (Å²) >= 11 is 0. The van der Waals surface area contributed by atoms with Crippen molar-refractivity contribution < 1.29 is 13.2 Å². The lowest BCUT2D eigenvalue weighted by atomic mass is 10.1. The quantitative estimate of drug-likeness (QED) is 0.577. The van der Waals surface area contributed by atoms with Crippen LogP contribution in [-0.4, -0.2) is 41.2 Å². The predicted molar refractivity (Wildman–Crippen MR) is 117 cm³/mol. The minimum atomic E-state index is -3.69. The Morgan fingerprint density at radius 2 is 2.00 bits per heavy atom. The number of aryl methyl sites for hydroxylation is 1. The molecule has 31 heavy (non-hydrogen) atoms. The smallest absolute Gasteiger partial charge is 0.277 e. The van der Waals surface area contributed by atoms with Gasteiger partial charge in [0.1, 0.15) is 11.6 Å². The van der Waals surface area contributed by atoms with Crippen molar-refractivity contribution >= 4 is 15.5 Å². The van der Waals surface area contributed by atoms with E-state index in [2.05, 4.69) is 19.8 Å². The van der Waals surface area contributed by atoms with E-state index in [1.807, 2.05) is 6.92 Å². The summed E-state index contributed by atoms with van der Waals surface area (Å²) < 4.78 is 34.9. The van der Waals surface area contributed by atoms with Crippen molar-refractivity contribution in [3.63, 3.8) is 0 Å². The molecule has 166 valence electrons. The van der Waals surface area contributed by atoms with E-state index in [0.29, 0.717) is 29.1 Å². The number of benzene rings is 1. The van der Waals surface area contributed by atoms with E-state index in [1.54, 1.807) is 24.4 Å². The molecule has 10 heteroatoms. The minimum absolute atomic E-state index is 0.0772. The van der Waals surface area contributed by atoms with Crippen molar-refractivity contribution in [1.82, 2.24) is 24.3 Å². The summed E-state index contributed by atoms with van der Waals surface area (Å²) in [6.45, 7) is 6.01. The number of imidazole rings is 1. The molecule has 0 unspecified atom stereocenters. The van der Waals surface area contributed by atoms with Gasteiger partial charge in [0.15, 0.2) is 11.3 Å². The van der Waals surface area contributed by atoms with Gasteiger partial charge in [-0.25, -0.2) is 22.6 Å². The second-order valence-corrected chi connectivity index (χ2v) is 9.46. The predicted octanol–water partition coefficient (Wildman–Crippen LogP) is 2.75. The molecule has 0 amide bonds. The molecule has 1 aliphatic carbocycles. The fourth-order valence-electron chi connectivity index (χ4n) is 4.18. The number of H-pyrrole nitrogens is 1. The summed E-state index contributed by atoms with van der Waals surface area (Å²) in [4.78, 5) is 20.5. The molecule has 0 aliphatic heterocycles. The van der Waals surface area contributed by atoms with Gasteiger partial charge in [-0.1, -0.05) is 19.8 Å². The molecule has 0 bridgehead atoms. The number of ether oxygens (including phenoxy) is 1. The van der Waals surface area contributed by atoms with Gasteiger partial charge < -0.3 is 9.72 Å². The number of nitrogens with one attached hydrogen (secondary N) is 2. The Morgan fingerprint density at radius 3 is 2.68 bits per heavy atom. The average Bonchev–Trinajstić information content (AvgIpc) is 3.36. The van der Waals surface area contributed by atoms with E-state index >= 15 is 0 Å². The molecule has 2 N–H and O–H groups in total. The number of sulfonamides is 1. The van der Waals surface area contributed by atoms with Crippen LogP contribution < -0.4 is 15.0 Å². The molecule has 0 radical (unpaired) electrons. The van der Waals surface area contributed by atoms with E-state index in [1.165, 1.54) is 12.1 Å². The molecule has 0 saturated heterocycles. The standard InChI is InChI=1S/C21H27N5O4S/c1-4-22-31(28,29)15-10-11-17(30-5-2)16(12-15)19-24-21(27)18-13(3)23-20(26(18)25-19)14-8-6-7-9-14/h10-12,14,22H,4-9H2,1-3H3,(H,24,25,27). The van der Waals surface area contributed by atoms with Crippen LogP contribution in [0.2, 0.25) is 0 Å². The van der Waals surface area contributed by atoms with Crippen LogP contribution in [0.5, 0.6) is 5.75 Å². The van der Waals surface area contributed by atoms with Gasteiger partial charge in [0, 0.05) is 12.5 Å². The number of nitrogens with zero attached hydrogens (tertiary/aromatic N) is 3. The SMILES string of the molecule is CCNS(=O)(=O)c1ccc(OCC)c(-c2nn3c(C4CCCC4)nc(C)c3c(=O)[nH]2)c1. The molecule has 0 spiro atoms. The highest BCUT2D eigenvalue weighted by Crippen LogP contribution is 2.34. The van der Waals surface area contributed by atoms with Crippen LogP contribution in [0.25, 0.3) is 16.9 Å². The Morgan fingerprint density at radius 1 is 1.26 bits per heavy atom. The maximum atomic E-state index is 12.9. The van der Waals surface area contributed by atoms with E-state index in [-0.39, 0.29) is 28.7 Å². The fraction of sp³-hybridized carbons (Fsp3) is 0.476. The van der Waals surface area contributed by atoms with Crippen molar-refractivity contribution in [2.45, 2.75) is 57.3 Å². The average molecular weight is 446 g/mol. The van der Waals surface area contributed by atoms with Crippen molar-refractivity contribution in [1.29, 1.82) is 0 Å². The zero-order valence-corrected chi connectivity index (χ0v) is 18.8. The fourth-order valence-corrected chi connectivity index (χ4v) is 5.25. The van der Waals surface area contributed by atoms with Crippen LogP contribution in [0.3, 0.4) is 0 Å². The second kappa shape index (κ2) is 8.43. The largest absolute Gasteiger partial charge is 0.493 e. The number of hydrogen-bond acceptors (Lipinski definition) is 6. The van der Waals surface area contributed by atoms with Crippen LogP contribution >= 0.6 is 0 Å². The van der Waals surface area contributed by atoms with Gasteiger partial charge in [0.2, 0.25) is 10.0 Å². The first kappa shape index (κ1) is 21.5.